The number of ether oxygens (including phenoxy) is 3. The van der Waals surface area contributed by atoms with Crippen molar-refractivity contribution in [2.24, 2.45) is 5.92 Å². The van der Waals surface area contributed by atoms with Gasteiger partial charge >= 0.3 is 5.97 Å². The van der Waals surface area contributed by atoms with E-state index in [4.69, 9.17) is 19.9 Å². The van der Waals surface area contributed by atoms with E-state index >= 15 is 0 Å². The number of benzene rings is 1. The van der Waals surface area contributed by atoms with Gasteiger partial charge in [0, 0.05) is 23.7 Å². The third kappa shape index (κ3) is 7.35. The largest absolute Gasteiger partial charge is 0.501 e. The number of aliphatic hydroxyl groups excluding tert-OH is 1. The van der Waals surface area contributed by atoms with Crippen LogP contribution in [0.1, 0.15) is 49.5 Å². The number of hydrogen-bond acceptors (Lipinski definition) is 6. The molecule has 0 heterocycles. The average molecular weight is 414 g/mol. The van der Waals surface area contributed by atoms with Crippen molar-refractivity contribution in [2.45, 2.75) is 44.8 Å². The third-order valence-electron chi connectivity index (χ3n) is 5.30. The number of aryl methyl sites for hydroxylation is 1. The van der Waals surface area contributed by atoms with Crippen LogP contribution in [0.4, 0.5) is 5.69 Å². The lowest BCUT2D eigenvalue weighted by molar-refractivity contribution is -0.146. The van der Waals surface area contributed by atoms with Crippen molar-refractivity contribution < 1.29 is 24.1 Å². The fraction of sp³-hybridized carbons (Fsp3) is 0.458. The van der Waals surface area contributed by atoms with E-state index in [0.29, 0.717) is 11.3 Å². The number of carbonyl (C=O) groups excluding carboxylic acids is 1. The molecule has 30 heavy (non-hydrogen) atoms. The van der Waals surface area contributed by atoms with Gasteiger partial charge in [-0.1, -0.05) is 31.1 Å². The van der Waals surface area contributed by atoms with Gasteiger partial charge in [0.25, 0.3) is 0 Å². The minimum Gasteiger partial charge on any atom is -0.501 e. The van der Waals surface area contributed by atoms with Crippen LogP contribution in [0.15, 0.2) is 53.8 Å². The van der Waals surface area contributed by atoms with Crippen molar-refractivity contribution >= 4 is 11.7 Å². The summed E-state index contributed by atoms with van der Waals surface area (Å²) in [6.07, 6.45) is 12.3. The number of hydrogen-bond donors (Lipinski definition) is 2. The van der Waals surface area contributed by atoms with Crippen molar-refractivity contribution in [3.63, 3.8) is 0 Å². The maximum Gasteiger partial charge on any atom is 0.330 e. The Kier molecular flexibility index (Phi) is 8.11. The summed E-state index contributed by atoms with van der Waals surface area (Å²) in [7, 11) is 1.65. The number of nitrogens with two attached hydrogens (primary N) is 1. The zero-order valence-corrected chi connectivity index (χ0v) is 17.5. The number of nitrogen functional groups attached to an aromatic ring is 1. The fourth-order valence-electron chi connectivity index (χ4n) is 3.37. The van der Waals surface area contributed by atoms with Gasteiger partial charge in [-0.3, -0.25) is 0 Å². The van der Waals surface area contributed by atoms with E-state index in [9.17, 15) is 9.90 Å². The summed E-state index contributed by atoms with van der Waals surface area (Å²) in [5, 5.41) is 10.3. The zero-order valence-electron chi connectivity index (χ0n) is 17.5. The molecule has 0 saturated heterocycles. The van der Waals surface area contributed by atoms with Crippen LogP contribution in [-0.2, 0) is 25.4 Å². The molecule has 2 aliphatic rings. The van der Waals surface area contributed by atoms with E-state index in [0.717, 1.165) is 48.5 Å². The van der Waals surface area contributed by atoms with Crippen molar-refractivity contribution in [3.8, 4) is 0 Å². The molecule has 1 unspecified atom stereocenters. The third-order valence-corrected chi connectivity index (χ3v) is 5.30. The number of rotatable bonds is 11. The van der Waals surface area contributed by atoms with Gasteiger partial charge in [-0.25, -0.2) is 4.79 Å². The van der Waals surface area contributed by atoms with E-state index in [1.54, 1.807) is 19.3 Å². The van der Waals surface area contributed by atoms with Gasteiger partial charge < -0.3 is 25.1 Å². The molecule has 3 rings (SSSR count). The predicted molar refractivity (Wildman–Crippen MR) is 115 cm³/mol. The number of methoxy groups -OCH3 is 1. The van der Waals surface area contributed by atoms with Crippen LogP contribution in [-0.4, -0.2) is 31.4 Å². The second-order valence-corrected chi connectivity index (χ2v) is 7.79. The highest BCUT2D eigenvalue weighted by atomic mass is 16.6. The highest BCUT2D eigenvalue weighted by molar-refractivity contribution is 5.82. The average Bonchev–Trinajstić information content (AvgIpc) is 3.58. The fourth-order valence-corrected chi connectivity index (χ4v) is 3.37. The normalized spacial score (nSPS) is 17.4. The number of anilines is 1. The van der Waals surface area contributed by atoms with Gasteiger partial charge in [0.2, 0.25) is 0 Å². The van der Waals surface area contributed by atoms with Gasteiger partial charge in [0.15, 0.2) is 6.29 Å². The summed E-state index contributed by atoms with van der Waals surface area (Å²) in [6, 6.07) is 5.58. The van der Waals surface area contributed by atoms with Crippen molar-refractivity contribution in [3.05, 3.63) is 65.0 Å². The standard InChI is InChI=1S/C24H31NO5/c1-28-22-9-6-18(7-10-22)8-11-23(26)29-12-13-30-24(27)20-14-19(15-21(25)16-20)5-4-17-2-3-17/h6,8-9,11,14-17,24,27H,2-5,7,10,12-13,25H2,1H3/b11-8+. The van der Waals surface area contributed by atoms with Crippen LogP contribution in [0.2, 0.25) is 0 Å². The Morgan fingerprint density at radius 2 is 2.07 bits per heavy atom. The smallest absolute Gasteiger partial charge is 0.330 e. The van der Waals surface area contributed by atoms with Crippen LogP contribution >= 0.6 is 0 Å². The molecular weight excluding hydrogens is 382 g/mol. The summed E-state index contributed by atoms with van der Waals surface area (Å²) < 4.78 is 15.7. The molecule has 3 N–H and O–H groups in total. The lowest BCUT2D eigenvalue weighted by Gasteiger charge is -2.14. The molecule has 0 spiro atoms. The maximum atomic E-state index is 11.8. The number of allylic oxidation sites excluding steroid dienone is 5. The quantitative estimate of drug-likeness (QED) is 0.188. The molecule has 0 bridgehead atoms. The van der Waals surface area contributed by atoms with Gasteiger partial charge in [-0.15, -0.1) is 0 Å². The van der Waals surface area contributed by atoms with Crippen molar-refractivity contribution in [1.82, 2.24) is 0 Å². The highest BCUT2D eigenvalue weighted by Crippen LogP contribution is 2.34. The second-order valence-electron chi connectivity index (χ2n) is 7.79. The minimum absolute atomic E-state index is 0.0594. The Balaban J connectivity index is 1.38. The maximum absolute atomic E-state index is 11.8. The molecule has 6 nitrogen and oxygen atoms in total. The molecule has 6 heteroatoms. The monoisotopic (exact) mass is 413 g/mol. The molecule has 0 radical (unpaired) electrons. The van der Waals surface area contributed by atoms with Gasteiger partial charge in [0.05, 0.1) is 19.5 Å². The van der Waals surface area contributed by atoms with Crippen molar-refractivity contribution in [1.29, 1.82) is 0 Å². The molecule has 162 valence electrons. The lowest BCUT2D eigenvalue weighted by Crippen LogP contribution is -2.12. The van der Waals surface area contributed by atoms with Crippen LogP contribution in [0.5, 0.6) is 0 Å². The minimum atomic E-state index is -1.10. The summed E-state index contributed by atoms with van der Waals surface area (Å²) >= 11 is 0. The summed E-state index contributed by atoms with van der Waals surface area (Å²) in [5.41, 5.74) is 9.36. The van der Waals surface area contributed by atoms with Gasteiger partial charge in [0.1, 0.15) is 6.61 Å². The Morgan fingerprint density at radius 3 is 2.77 bits per heavy atom. The Hall–Kier alpha value is -2.57. The molecule has 0 aliphatic heterocycles. The number of aliphatic hydroxyl groups is 1. The molecule has 1 aromatic rings. The SMILES string of the molecule is COC1=CC=C(/C=C/C(=O)OCCOC(O)c2cc(N)cc(CCC3CC3)c2)CC1. The van der Waals surface area contributed by atoms with Crippen LogP contribution < -0.4 is 5.73 Å². The van der Waals surface area contributed by atoms with Crippen LogP contribution in [0.25, 0.3) is 0 Å². The first-order valence-corrected chi connectivity index (χ1v) is 10.5. The number of carbonyl (C=O) groups is 1. The first-order valence-electron chi connectivity index (χ1n) is 10.5. The van der Waals surface area contributed by atoms with Gasteiger partial charge in [-0.2, -0.15) is 0 Å². The highest BCUT2D eigenvalue weighted by Gasteiger charge is 2.21. The van der Waals surface area contributed by atoms with E-state index in [1.165, 1.54) is 18.9 Å². The predicted octanol–water partition coefficient (Wildman–Crippen LogP) is 3.97. The van der Waals surface area contributed by atoms with Crippen LogP contribution in [0, 0.1) is 5.92 Å². The zero-order chi connectivity index (χ0) is 21.3. The van der Waals surface area contributed by atoms with E-state index in [-0.39, 0.29) is 13.2 Å². The van der Waals surface area contributed by atoms with Crippen LogP contribution in [0.3, 0.4) is 0 Å². The second kappa shape index (κ2) is 11.0. The molecule has 1 atom stereocenters. The molecule has 1 saturated carbocycles. The topological polar surface area (TPSA) is 91.0 Å². The number of esters is 1. The summed E-state index contributed by atoms with van der Waals surface area (Å²) in [5.74, 6) is 1.33. The molecular formula is C24H31NO5. The van der Waals surface area contributed by atoms with E-state index in [2.05, 4.69) is 0 Å². The Labute approximate surface area is 178 Å². The van der Waals surface area contributed by atoms with Gasteiger partial charge in [-0.05, 0) is 54.5 Å². The Morgan fingerprint density at radius 1 is 1.23 bits per heavy atom. The molecule has 1 fully saturated rings. The summed E-state index contributed by atoms with van der Waals surface area (Å²) in [6.45, 7) is 0.152. The molecule has 1 aromatic carbocycles. The first-order chi connectivity index (χ1) is 14.5. The van der Waals surface area contributed by atoms with E-state index in [1.807, 2.05) is 24.3 Å². The first kappa shape index (κ1) is 22.1. The molecule has 2 aliphatic carbocycles. The van der Waals surface area contributed by atoms with E-state index < -0.39 is 12.3 Å². The lowest BCUT2D eigenvalue weighted by atomic mass is 10.0. The summed E-state index contributed by atoms with van der Waals surface area (Å²) in [4.78, 5) is 11.8. The molecule has 0 amide bonds. The van der Waals surface area contributed by atoms with Crippen molar-refractivity contribution in [2.75, 3.05) is 26.1 Å². The molecule has 0 aromatic heterocycles. The Bertz CT molecular complexity index is 823.